The normalized spacial score (nSPS) is 11.1. The minimum atomic E-state index is -0.512. The van der Waals surface area contributed by atoms with Crippen molar-refractivity contribution >= 4 is 11.9 Å². The SMILES string of the molecule is CCCCCCCCCCCCCCCCCCOC(=O)/C=C/C(=O)OCC. The Balaban J connectivity index is 3.21. The molecule has 0 aliphatic rings. The van der Waals surface area contributed by atoms with Crippen molar-refractivity contribution in [3.63, 3.8) is 0 Å². The Labute approximate surface area is 173 Å². The second kappa shape index (κ2) is 22.0. The van der Waals surface area contributed by atoms with Crippen LogP contribution in [0.5, 0.6) is 0 Å². The second-order valence-corrected chi connectivity index (χ2v) is 7.56. The molecule has 0 amide bonds. The van der Waals surface area contributed by atoms with E-state index in [-0.39, 0.29) is 0 Å². The van der Waals surface area contributed by atoms with Crippen molar-refractivity contribution in [3.8, 4) is 0 Å². The van der Waals surface area contributed by atoms with Gasteiger partial charge in [0.15, 0.2) is 0 Å². The molecule has 0 heterocycles. The van der Waals surface area contributed by atoms with E-state index in [2.05, 4.69) is 6.92 Å². The van der Waals surface area contributed by atoms with Gasteiger partial charge >= 0.3 is 11.9 Å². The van der Waals surface area contributed by atoms with Gasteiger partial charge in [0.2, 0.25) is 0 Å². The van der Waals surface area contributed by atoms with Gasteiger partial charge in [-0.1, -0.05) is 103 Å². The zero-order valence-corrected chi connectivity index (χ0v) is 18.5. The summed E-state index contributed by atoms with van der Waals surface area (Å²) in [7, 11) is 0. The molecule has 0 saturated heterocycles. The van der Waals surface area contributed by atoms with Crippen LogP contribution in [0.25, 0.3) is 0 Å². The monoisotopic (exact) mass is 396 g/mol. The number of unbranched alkanes of at least 4 members (excludes halogenated alkanes) is 15. The van der Waals surface area contributed by atoms with Crippen molar-refractivity contribution in [1.82, 2.24) is 0 Å². The van der Waals surface area contributed by atoms with Crippen molar-refractivity contribution in [3.05, 3.63) is 12.2 Å². The number of rotatable bonds is 20. The zero-order chi connectivity index (χ0) is 20.7. The Morgan fingerprint density at radius 1 is 0.536 bits per heavy atom. The first-order valence-corrected chi connectivity index (χ1v) is 11.7. The third kappa shape index (κ3) is 21.0. The maximum absolute atomic E-state index is 11.4. The Hall–Kier alpha value is -1.32. The number of esters is 2. The fourth-order valence-electron chi connectivity index (χ4n) is 3.20. The van der Waals surface area contributed by atoms with E-state index >= 15 is 0 Å². The largest absolute Gasteiger partial charge is 0.463 e. The number of ether oxygens (including phenoxy) is 2. The van der Waals surface area contributed by atoms with E-state index in [0.29, 0.717) is 13.2 Å². The molecule has 0 aromatic carbocycles. The maximum atomic E-state index is 11.4. The van der Waals surface area contributed by atoms with Gasteiger partial charge in [-0.05, 0) is 13.3 Å². The second-order valence-electron chi connectivity index (χ2n) is 7.56. The molecule has 28 heavy (non-hydrogen) atoms. The maximum Gasteiger partial charge on any atom is 0.331 e. The van der Waals surface area contributed by atoms with Gasteiger partial charge in [-0.15, -0.1) is 0 Å². The van der Waals surface area contributed by atoms with Crippen molar-refractivity contribution in [2.45, 2.75) is 117 Å². The first kappa shape index (κ1) is 26.7. The van der Waals surface area contributed by atoms with E-state index in [1.54, 1.807) is 6.92 Å². The van der Waals surface area contributed by atoms with E-state index in [1.165, 1.54) is 89.9 Å². The van der Waals surface area contributed by atoms with Crippen LogP contribution in [-0.4, -0.2) is 25.2 Å². The van der Waals surface area contributed by atoms with Gasteiger partial charge in [0.25, 0.3) is 0 Å². The van der Waals surface area contributed by atoms with E-state index in [4.69, 9.17) is 9.47 Å². The van der Waals surface area contributed by atoms with Crippen LogP contribution in [0.2, 0.25) is 0 Å². The van der Waals surface area contributed by atoms with Crippen molar-refractivity contribution < 1.29 is 19.1 Å². The molecule has 164 valence electrons. The van der Waals surface area contributed by atoms with Crippen molar-refractivity contribution in [2.24, 2.45) is 0 Å². The summed E-state index contributed by atoms with van der Waals surface area (Å²) in [4.78, 5) is 22.5. The van der Waals surface area contributed by atoms with Gasteiger partial charge in [-0.2, -0.15) is 0 Å². The molecule has 4 heteroatoms. The quantitative estimate of drug-likeness (QED) is 0.127. The number of hydrogen-bond acceptors (Lipinski definition) is 4. The summed E-state index contributed by atoms with van der Waals surface area (Å²) in [6.07, 6.45) is 23.4. The molecule has 0 fully saturated rings. The van der Waals surface area contributed by atoms with Crippen LogP contribution in [0.4, 0.5) is 0 Å². The van der Waals surface area contributed by atoms with Gasteiger partial charge in [-0.3, -0.25) is 0 Å². The van der Waals surface area contributed by atoms with E-state index in [1.807, 2.05) is 0 Å². The van der Waals surface area contributed by atoms with Crippen molar-refractivity contribution in [2.75, 3.05) is 13.2 Å². The Morgan fingerprint density at radius 2 is 0.893 bits per heavy atom. The van der Waals surface area contributed by atoms with E-state index < -0.39 is 11.9 Å². The smallest absolute Gasteiger partial charge is 0.331 e. The summed E-state index contributed by atoms with van der Waals surface area (Å²) in [6.45, 7) is 4.72. The minimum Gasteiger partial charge on any atom is -0.463 e. The van der Waals surface area contributed by atoms with Crippen LogP contribution in [0.1, 0.15) is 117 Å². The lowest BCUT2D eigenvalue weighted by Crippen LogP contribution is -2.05. The standard InChI is InChI=1S/C24H44O4/c1-3-5-6-7-8-9-10-11-12-13-14-15-16-17-18-19-22-28-24(26)21-20-23(25)27-4-2/h20-21H,3-19,22H2,1-2H3/b21-20+. The summed E-state index contributed by atoms with van der Waals surface area (Å²) < 4.78 is 9.75. The predicted octanol–water partition coefficient (Wildman–Crippen LogP) is 6.91. The first-order chi connectivity index (χ1) is 13.7. The highest BCUT2D eigenvalue weighted by Crippen LogP contribution is 2.13. The zero-order valence-electron chi connectivity index (χ0n) is 18.5. The number of carbonyl (C=O) groups excluding carboxylic acids is 2. The number of hydrogen-bond donors (Lipinski definition) is 0. The lowest BCUT2D eigenvalue weighted by atomic mass is 10.0. The topological polar surface area (TPSA) is 52.6 Å². The highest BCUT2D eigenvalue weighted by Gasteiger charge is 2.00. The summed E-state index contributed by atoms with van der Waals surface area (Å²) in [5, 5.41) is 0. The van der Waals surface area contributed by atoms with Crippen LogP contribution >= 0.6 is 0 Å². The molecule has 0 saturated carbocycles. The van der Waals surface area contributed by atoms with Crippen LogP contribution in [0, 0.1) is 0 Å². The Morgan fingerprint density at radius 3 is 1.29 bits per heavy atom. The lowest BCUT2D eigenvalue weighted by Gasteiger charge is -2.04. The highest BCUT2D eigenvalue weighted by molar-refractivity contribution is 5.91. The van der Waals surface area contributed by atoms with Crippen LogP contribution in [0.3, 0.4) is 0 Å². The molecule has 0 aromatic rings. The first-order valence-electron chi connectivity index (χ1n) is 11.7. The van der Waals surface area contributed by atoms with Gasteiger partial charge in [0.1, 0.15) is 0 Å². The molecule has 0 bridgehead atoms. The molecule has 0 rings (SSSR count). The molecule has 4 nitrogen and oxygen atoms in total. The fourth-order valence-corrected chi connectivity index (χ4v) is 3.20. The molecule has 0 atom stereocenters. The molecule has 0 aliphatic carbocycles. The van der Waals surface area contributed by atoms with E-state index in [0.717, 1.165) is 25.0 Å². The average Bonchev–Trinajstić information content (AvgIpc) is 2.69. The Bertz CT molecular complexity index is 390. The minimum absolute atomic E-state index is 0.303. The predicted molar refractivity (Wildman–Crippen MR) is 116 cm³/mol. The van der Waals surface area contributed by atoms with Crippen LogP contribution < -0.4 is 0 Å². The van der Waals surface area contributed by atoms with Gasteiger partial charge in [0.05, 0.1) is 13.2 Å². The molecule has 0 aromatic heterocycles. The van der Waals surface area contributed by atoms with Crippen LogP contribution in [-0.2, 0) is 19.1 Å². The van der Waals surface area contributed by atoms with Gasteiger partial charge in [-0.25, -0.2) is 9.59 Å². The molecule has 0 aliphatic heterocycles. The lowest BCUT2D eigenvalue weighted by molar-refractivity contribution is -0.140. The highest BCUT2D eigenvalue weighted by atomic mass is 16.5. The molecule has 0 N–H and O–H groups in total. The summed E-state index contributed by atoms with van der Waals surface area (Å²) in [5.74, 6) is -0.990. The van der Waals surface area contributed by atoms with Gasteiger partial charge in [0, 0.05) is 12.2 Å². The van der Waals surface area contributed by atoms with Crippen LogP contribution in [0.15, 0.2) is 12.2 Å². The van der Waals surface area contributed by atoms with E-state index in [9.17, 15) is 9.59 Å². The van der Waals surface area contributed by atoms with Crippen molar-refractivity contribution in [1.29, 1.82) is 0 Å². The third-order valence-corrected chi connectivity index (χ3v) is 4.88. The fraction of sp³-hybridized carbons (Fsp3) is 0.833. The Kier molecular flexibility index (Phi) is 20.9. The molecule has 0 radical (unpaired) electrons. The summed E-state index contributed by atoms with van der Waals surface area (Å²) in [5.41, 5.74) is 0. The molecule has 0 spiro atoms. The summed E-state index contributed by atoms with van der Waals surface area (Å²) in [6, 6.07) is 0. The molecular weight excluding hydrogens is 352 g/mol. The molecule has 0 unspecified atom stereocenters. The van der Waals surface area contributed by atoms with Gasteiger partial charge < -0.3 is 9.47 Å². The average molecular weight is 397 g/mol. The summed E-state index contributed by atoms with van der Waals surface area (Å²) >= 11 is 0. The third-order valence-electron chi connectivity index (χ3n) is 4.88. The molecular formula is C24H44O4. The number of carbonyl (C=O) groups is 2.